The van der Waals surface area contributed by atoms with Crippen LogP contribution < -0.4 is 4.90 Å². The van der Waals surface area contributed by atoms with Crippen LogP contribution in [0.5, 0.6) is 0 Å². The van der Waals surface area contributed by atoms with Crippen molar-refractivity contribution in [2.45, 2.75) is 6.42 Å². The largest absolute Gasteiger partial charge is 0.290 e. The molecule has 6 unspecified atom stereocenters. The standard InChI is InChI=1S/C25H20Cl2N2O3/c26-13-6-7-17(20(27)10-13)23(30)28(14-4-2-1-3-5-14)12-29-24(31)21-15-8-9-16(19-11-18(15)19)22(21)25(29)32/h1-10,15-16,18-19,21-22H,11-12H2. The molecule has 0 radical (unpaired) electrons. The molecule has 0 N–H and O–H groups in total. The Morgan fingerprint density at radius 3 is 2.16 bits per heavy atom. The number of benzene rings is 2. The number of halogens is 2. The molecule has 3 amide bonds. The number of hydrogen-bond donors (Lipinski definition) is 0. The lowest BCUT2D eigenvalue weighted by Gasteiger charge is -2.37. The summed E-state index contributed by atoms with van der Waals surface area (Å²) in [5.74, 6) is 0.0242. The molecule has 5 aliphatic rings. The number of para-hydroxylation sites is 1. The smallest absolute Gasteiger partial charge is 0.261 e. The number of carbonyl (C=O) groups excluding carboxylic acids is 3. The second-order valence-corrected chi connectivity index (χ2v) is 9.94. The molecule has 7 rings (SSSR count). The second kappa shape index (κ2) is 7.19. The van der Waals surface area contributed by atoms with E-state index in [2.05, 4.69) is 12.2 Å². The van der Waals surface area contributed by atoms with E-state index in [1.54, 1.807) is 24.3 Å². The van der Waals surface area contributed by atoms with Crippen LogP contribution in [0.2, 0.25) is 10.0 Å². The number of carbonyl (C=O) groups is 3. The molecule has 162 valence electrons. The lowest BCUT2D eigenvalue weighted by molar-refractivity contribution is -0.140. The minimum atomic E-state index is -0.391. The van der Waals surface area contributed by atoms with Crippen LogP contribution in [0.15, 0.2) is 60.7 Å². The first kappa shape index (κ1) is 20.0. The van der Waals surface area contributed by atoms with E-state index < -0.39 is 5.91 Å². The Bertz CT molecular complexity index is 1140. The van der Waals surface area contributed by atoms with Gasteiger partial charge in [-0.3, -0.25) is 24.2 Å². The average molecular weight is 467 g/mol. The lowest BCUT2D eigenvalue weighted by Crippen LogP contribution is -2.45. The molecule has 2 aromatic carbocycles. The van der Waals surface area contributed by atoms with Gasteiger partial charge in [-0.05, 0) is 60.4 Å². The van der Waals surface area contributed by atoms with E-state index in [1.807, 2.05) is 18.2 Å². The Labute approximate surface area is 195 Å². The van der Waals surface area contributed by atoms with Gasteiger partial charge in [0.1, 0.15) is 6.67 Å². The fraction of sp³-hybridized carbons (Fsp3) is 0.320. The predicted octanol–water partition coefficient (Wildman–Crippen LogP) is 4.65. The Balaban J connectivity index is 1.34. The predicted molar refractivity (Wildman–Crippen MR) is 121 cm³/mol. The van der Waals surface area contributed by atoms with Crippen LogP contribution in [0.25, 0.3) is 0 Å². The molecule has 0 spiro atoms. The van der Waals surface area contributed by atoms with Crippen molar-refractivity contribution in [1.82, 2.24) is 4.90 Å². The summed E-state index contributed by atoms with van der Waals surface area (Å²) in [6.45, 7) is -0.138. The van der Waals surface area contributed by atoms with Gasteiger partial charge < -0.3 is 0 Å². The maximum absolute atomic E-state index is 13.5. The van der Waals surface area contributed by atoms with E-state index in [0.717, 1.165) is 6.42 Å². The van der Waals surface area contributed by atoms with Crippen LogP contribution in [-0.4, -0.2) is 29.3 Å². The maximum Gasteiger partial charge on any atom is 0.261 e. The molecule has 7 heteroatoms. The van der Waals surface area contributed by atoms with Gasteiger partial charge in [0.25, 0.3) is 5.91 Å². The summed E-state index contributed by atoms with van der Waals surface area (Å²) in [7, 11) is 0. The normalized spacial score (nSPS) is 31.5. The average Bonchev–Trinajstić information content (AvgIpc) is 3.57. The van der Waals surface area contributed by atoms with Crippen LogP contribution in [0, 0.1) is 35.5 Å². The third kappa shape index (κ3) is 2.87. The van der Waals surface area contributed by atoms with Crippen molar-refractivity contribution < 1.29 is 14.4 Å². The lowest BCUT2D eigenvalue weighted by atomic mass is 9.63. The zero-order valence-corrected chi connectivity index (χ0v) is 18.5. The minimum Gasteiger partial charge on any atom is -0.290 e. The van der Waals surface area contributed by atoms with Crippen LogP contribution in [0.3, 0.4) is 0 Å². The van der Waals surface area contributed by atoms with Gasteiger partial charge in [-0.25, -0.2) is 0 Å². The number of imide groups is 1. The summed E-state index contributed by atoms with van der Waals surface area (Å²) in [6, 6.07) is 13.7. The summed E-state index contributed by atoms with van der Waals surface area (Å²) >= 11 is 12.3. The minimum absolute atomic E-state index is 0.138. The highest BCUT2D eigenvalue weighted by Crippen LogP contribution is 2.65. The number of hydrogen-bond acceptors (Lipinski definition) is 3. The molecule has 2 bridgehead atoms. The van der Waals surface area contributed by atoms with Gasteiger partial charge >= 0.3 is 0 Å². The summed E-state index contributed by atoms with van der Waals surface area (Å²) in [5, 5.41) is 0.645. The van der Waals surface area contributed by atoms with E-state index >= 15 is 0 Å². The van der Waals surface area contributed by atoms with Crippen molar-refractivity contribution in [3.63, 3.8) is 0 Å². The van der Waals surface area contributed by atoms with E-state index in [-0.39, 0.29) is 52.7 Å². The van der Waals surface area contributed by atoms with Crippen molar-refractivity contribution in [3.8, 4) is 0 Å². The van der Waals surface area contributed by atoms with Crippen molar-refractivity contribution in [2.24, 2.45) is 35.5 Å². The molecule has 0 aromatic heterocycles. The summed E-state index contributed by atoms with van der Waals surface area (Å²) in [4.78, 5) is 43.1. The molecule has 6 atom stereocenters. The SMILES string of the molecule is O=C1C2C3C=CC(C4CC34)C2C(=O)N1CN(C(=O)c1ccc(Cl)cc1Cl)c1ccccc1. The number of nitrogens with zero attached hydrogens (tertiary/aromatic N) is 2. The Morgan fingerprint density at radius 1 is 0.938 bits per heavy atom. The first-order chi connectivity index (χ1) is 15.5. The van der Waals surface area contributed by atoms with E-state index in [0.29, 0.717) is 22.5 Å². The van der Waals surface area contributed by atoms with Gasteiger partial charge in [-0.1, -0.05) is 53.6 Å². The summed E-state index contributed by atoms with van der Waals surface area (Å²) < 4.78 is 0. The van der Waals surface area contributed by atoms with Crippen LogP contribution >= 0.6 is 23.2 Å². The number of anilines is 1. The topological polar surface area (TPSA) is 57.7 Å². The number of amides is 3. The first-order valence-corrected chi connectivity index (χ1v) is 11.6. The molecule has 4 aliphatic carbocycles. The van der Waals surface area contributed by atoms with Gasteiger partial charge in [0.15, 0.2) is 0 Å². The number of rotatable bonds is 4. The van der Waals surface area contributed by atoms with Gasteiger partial charge in [0.05, 0.1) is 22.4 Å². The van der Waals surface area contributed by atoms with Crippen molar-refractivity contribution in [1.29, 1.82) is 0 Å². The van der Waals surface area contributed by atoms with Gasteiger partial charge in [-0.2, -0.15) is 0 Å². The third-order valence-corrected chi connectivity index (χ3v) is 8.06. The highest BCUT2D eigenvalue weighted by Gasteiger charge is 2.67. The second-order valence-electron chi connectivity index (χ2n) is 9.09. The molecule has 2 saturated carbocycles. The van der Waals surface area contributed by atoms with Crippen LogP contribution in [0.1, 0.15) is 16.8 Å². The fourth-order valence-electron chi connectivity index (χ4n) is 5.98. The molecule has 5 nitrogen and oxygen atoms in total. The third-order valence-electron chi connectivity index (χ3n) is 7.51. The first-order valence-electron chi connectivity index (χ1n) is 10.8. The van der Waals surface area contributed by atoms with Gasteiger partial charge in [0.2, 0.25) is 11.8 Å². The monoisotopic (exact) mass is 466 g/mol. The molecule has 32 heavy (non-hydrogen) atoms. The Hall–Kier alpha value is -2.63. The molecule has 1 heterocycles. The van der Waals surface area contributed by atoms with Crippen LogP contribution in [0.4, 0.5) is 5.69 Å². The highest BCUT2D eigenvalue weighted by molar-refractivity contribution is 6.37. The van der Waals surface area contributed by atoms with Crippen molar-refractivity contribution in [2.75, 3.05) is 11.6 Å². The van der Waals surface area contributed by atoms with Gasteiger partial charge in [0, 0.05) is 10.7 Å². The molecular formula is C25H20Cl2N2O3. The van der Waals surface area contributed by atoms with E-state index in [4.69, 9.17) is 23.2 Å². The Kier molecular flexibility index (Phi) is 4.50. The Morgan fingerprint density at radius 2 is 1.56 bits per heavy atom. The maximum atomic E-state index is 13.5. The molecule has 2 aromatic rings. The summed E-state index contributed by atoms with van der Waals surface area (Å²) in [5.41, 5.74) is 0.849. The zero-order chi connectivity index (χ0) is 22.1. The highest BCUT2D eigenvalue weighted by atomic mass is 35.5. The molecule has 1 aliphatic heterocycles. The van der Waals surface area contributed by atoms with Crippen molar-refractivity contribution >= 4 is 46.6 Å². The molecular weight excluding hydrogens is 447 g/mol. The van der Waals surface area contributed by atoms with E-state index in [9.17, 15) is 14.4 Å². The van der Waals surface area contributed by atoms with Gasteiger partial charge in [-0.15, -0.1) is 0 Å². The molecule has 3 fully saturated rings. The summed E-state index contributed by atoms with van der Waals surface area (Å²) in [6.07, 6.45) is 5.39. The quantitative estimate of drug-likeness (QED) is 0.486. The zero-order valence-electron chi connectivity index (χ0n) is 17.0. The fourth-order valence-corrected chi connectivity index (χ4v) is 6.47. The van der Waals surface area contributed by atoms with E-state index in [1.165, 1.54) is 15.9 Å². The number of allylic oxidation sites excluding steroid dienone is 2. The van der Waals surface area contributed by atoms with Crippen molar-refractivity contribution in [3.05, 3.63) is 76.3 Å². The molecule has 1 saturated heterocycles. The number of likely N-dealkylation sites (tertiary alicyclic amines) is 1. The van der Waals surface area contributed by atoms with Crippen LogP contribution in [-0.2, 0) is 9.59 Å².